The highest BCUT2D eigenvalue weighted by Gasteiger charge is 2.03. The molecule has 0 aliphatic heterocycles. The van der Waals surface area contributed by atoms with Crippen molar-refractivity contribution in [3.05, 3.63) is 53.6 Å². The summed E-state index contributed by atoms with van der Waals surface area (Å²) in [5, 5.41) is 9.77. The SMILES string of the molecule is C#Cc1ccc(-c2cc(C)ccc2O)cc1. The average molecular weight is 208 g/mol. The van der Waals surface area contributed by atoms with Crippen LogP contribution in [0.3, 0.4) is 0 Å². The van der Waals surface area contributed by atoms with Crippen LogP contribution in [-0.4, -0.2) is 5.11 Å². The fourth-order valence-electron chi connectivity index (χ4n) is 1.63. The van der Waals surface area contributed by atoms with Gasteiger partial charge in [-0.25, -0.2) is 0 Å². The maximum Gasteiger partial charge on any atom is 0.123 e. The van der Waals surface area contributed by atoms with Crippen LogP contribution >= 0.6 is 0 Å². The molecule has 0 aromatic heterocycles. The van der Waals surface area contributed by atoms with E-state index in [1.165, 1.54) is 0 Å². The van der Waals surface area contributed by atoms with Crippen molar-refractivity contribution < 1.29 is 5.11 Å². The minimum absolute atomic E-state index is 0.291. The van der Waals surface area contributed by atoms with E-state index >= 15 is 0 Å². The summed E-state index contributed by atoms with van der Waals surface area (Å²) in [6.07, 6.45) is 5.29. The highest BCUT2D eigenvalue weighted by molar-refractivity contribution is 5.71. The standard InChI is InChI=1S/C15H12O/c1-3-12-5-7-13(8-6-12)14-10-11(2)4-9-15(14)16/h1,4-10,16H,2H3. The van der Waals surface area contributed by atoms with Gasteiger partial charge in [0.05, 0.1) is 0 Å². The Morgan fingerprint density at radius 1 is 1.06 bits per heavy atom. The van der Waals surface area contributed by atoms with Crippen LogP contribution in [0, 0.1) is 19.3 Å². The molecule has 0 radical (unpaired) electrons. The lowest BCUT2D eigenvalue weighted by Gasteiger charge is -2.06. The molecule has 16 heavy (non-hydrogen) atoms. The van der Waals surface area contributed by atoms with Crippen LogP contribution in [0.2, 0.25) is 0 Å². The van der Waals surface area contributed by atoms with Gasteiger partial charge in [-0.2, -0.15) is 0 Å². The minimum atomic E-state index is 0.291. The normalized spacial score (nSPS) is 9.75. The van der Waals surface area contributed by atoms with Crippen LogP contribution in [0.5, 0.6) is 5.75 Å². The summed E-state index contributed by atoms with van der Waals surface area (Å²) in [6, 6.07) is 13.1. The molecule has 2 aromatic carbocycles. The van der Waals surface area contributed by atoms with Crippen LogP contribution in [0.25, 0.3) is 11.1 Å². The summed E-state index contributed by atoms with van der Waals surface area (Å²) in [5.41, 5.74) is 3.77. The number of aromatic hydroxyl groups is 1. The summed E-state index contributed by atoms with van der Waals surface area (Å²) in [6.45, 7) is 2.00. The van der Waals surface area contributed by atoms with Crippen molar-refractivity contribution in [2.24, 2.45) is 0 Å². The maximum absolute atomic E-state index is 9.77. The van der Waals surface area contributed by atoms with Crippen molar-refractivity contribution in [3.8, 4) is 29.2 Å². The lowest BCUT2D eigenvalue weighted by atomic mass is 10.0. The molecular weight excluding hydrogens is 196 g/mol. The van der Waals surface area contributed by atoms with Gasteiger partial charge in [0.2, 0.25) is 0 Å². The Balaban J connectivity index is 2.50. The van der Waals surface area contributed by atoms with E-state index in [4.69, 9.17) is 6.42 Å². The van der Waals surface area contributed by atoms with E-state index in [9.17, 15) is 5.11 Å². The van der Waals surface area contributed by atoms with Gasteiger partial charge in [0.25, 0.3) is 0 Å². The molecule has 0 aliphatic rings. The Hall–Kier alpha value is -2.20. The Kier molecular flexibility index (Phi) is 2.66. The first-order chi connectivity index (χ1) is 7.70. The van der Waals surface area contributed by atoms with E-state index in [-0.39, 0.29) is 0 Å². The van der Waals surface area contributed by atoms with Crippen LogP contribution in [0.15, 0.2) is 42.5 Å². The van der Waals surface area contributed by atoms with E-state index in [0.29, 0.717) is 5.75 Å². The monoisotopic (exact) mass is 208 g/mol. The molecule has 0 saturated carbocycles. The molecule has 2 rings (SSSR count). The predicted molar refractivity (Wildman–Crippen MR) is 66.2 cm³/mol. The van der Waals surface area contributed by atoms with Gasteiger partial charge in [-0.3, -0.25) is 0 Å². The number of hydrogen-bond donors (Lipinski definition) is 1. The molecule has 1 nitrogen and oxygen atoms in total. The van der Waals surface area contributed by atoms with Gasteiger partial charge in [-0.15, -0.1) is 6.42 Å². The highest BCUT2D eigenvalue weighted by atomic mass is 16.3. The lowest BCUT2D eigenvalue weighted by molar-refractivity contribution is 0.477. The summed E-state index contributed by atoms with van der Waals surface area (Å²) in [5.74, 6) is 2.86. The van der Waals surface area contributed by atoms with E-state index in [0.717, 1.165) is 22.3 Å². The number of benzene rings is 2. The summed E-state index contributed by atoms with van der Waals surface area (Å²) < 4.78 is 0. The van der Waals surface area contributed by atoms with Crippen molar-refractivity contribution >= 4 is 0 Å². The van der Waals surface area contributed by atoms with E-state index in [1.54, 1.807) is 6.07 Å². The smallest absolute Gasteiger partial charge is 0.123 e. The summed E-state index contributed by atoms with van der Waals surface area (Å²) in [4.78, 5) is 0. The van der Waals surface area contributed by atoms with Gasteiger partial charge in [0, 0.05) is 11.1 Å². The zero-order chi connectivity index (χ0) is 11.5. The van der Waals surface area contributed by atoms with Crippen molar-refractivity contribution in [2.75, 3.05) is 0 Å². The number of terminal acetylenes is 1. The molecule has 1 heteroatoms. The molecular formula is C15H12O. The molecule has 0 unspecified atom stereocenters. The number of phenols is 1. The lowest BCUT2D eigenvalue weighted by Crippen LogP contribution is -1.82. The van der Waals surface area contributed by atoms with Crippen molar-refractivity contribution in [2.45, 2.75) is 6.92 Å². The molecule has 2 aromatic rings. The third-order valence-corrected chi connectivity index (χ3v) is 2.51. The molecule has 0 bridgehead atoms. The summed E-state index contributed by atoms with van der Waals surface area (Å²) in [7, 11) is 0. The topological polar surface area (TPSA) is 20.2 Å². The number of phenolic OH excluding ortho intramolecular Hbond substituents is 1. The number of aryl methyl sites for hydroxylation is 1. The maximum atomic E-state index is 9.77. The predicted octanol–water partition coefficient (Wildman–Crippen LogP) is 3.35. The third-order valence-electron chi connectivity index (χ3n) is 2.51. The van der Waals surface area contributed by atoms with Crippen molar-refractivity contribution in [3.63, 3.8) is 0 Å². The third kappa shape index (κ3) is 1.92. The molecule has 78 valence electrons. The molecule has 0 saturated heterocycles. The number of hydrogen-bond acceptors (Lipinski definition) is 1. The van der Waals surface area contributed by atoms with Gasteiger partial charge in [-0.05, 0) is 36.8 Å². The van der Waals surface area contributed by atoms with Gasteiger partial charge < -0.3 is 5.11 Å². The van der Waals surface area contributed by atoms with Gasteiger partial charge >= 0.3 is 0 Å². The minimum Gasteiger partial charge on any atom is -0.507 e. The first kappa shape index (κ1) is 10.3. The fraction of sp³-hybridized carbons (Fsp3) is 0.0667. The van der Waals surface area contributed by atoms with Crippen LogP contribution in [-0.2, 0) is 0 Å². The van der Waals surface area contributed by atoms with Gasteiger partial charge in [0.1, 0.15) is 5.75 Å². The molecule has 0 amide bonds. The van der Waals surface area contributed by atoms with Crippen molar-refractivity contribution in [1.29, 1.82) is 0 Å². The van der Waals surface area contributed by atoms with Gasteiger partial charge in [0.15, 0.2) is 0 Å². The second-order valence-corrected chi connectivity index (χ2v) is 3.74. The molecule has 0 fully saturated rings. The molecule has 1 N–H and O–H groups in total. The highest BCUT2D eigenvalue weighted by Crippen LogP contribution is 2.29. The Bertz CT molecular complexity index is 545. The second kappa shape index (κ2) is 4.12. The molecule has 0 atom stereocenters. The van der Waals surface area contributed by atoms with E-state index in [2.05, 4.69) is 5.92 Å². The Labute approximate surface area is 95.4 Å². The first-order valence-corrected chi connectivity index (χ1v) is 5.07. The zero-order valence-corrected chi connectivity index (χ0v) is 9.07. The first-order valence-electron chi connectivity index (χ1n) is 5.07. The van der Waals surface area contributed by atoms with Crippen molar-refractivity contribution in [1.82, 2.24) is 0 Å². The van der Waals surface area contributed by atoms with Crippen LogP contribution < -0.4 is 0 Å². The second-order valence-electron chi connectivity index (χ2n) is 3.74. The molecule has 0 aliphatic carbocycles. The van der Waals surface area contributed by atoms with Crippen LogP contribution in [0.1, 0.15) is 11.1 Å². The molecule has 0 heterocycles. The average Bonchev–Trinajstić information content (AvgIpc) is 2.32. The van der Waals surface area contributed by atoms with Crippen LogP contribution in [0.4, 0.5) is 0 Å². The fourth-order valence-corrected chi connectivity index (χ4v) is 1.63. The van der Waals surface area contributed by atoms with E-state index < -0.39 is 0 Å². The Morgan fingerprint density at radius 2 is 1.75 bits per heavy atom. The zero-order valence-electron chi connectivity index (χ0n) is 9.07. The summed E-state index contributed by atoms with van der Waals surface area (Å²) >= 11 is 0. The van der Waals surface area contributed by atoms with Gasteiger partial charge in [-0.1, -0.05) is 29.7 Å². The van der Waals surface area contributed by atoms with E-state index in [1.807, 2.05) is 43.3 Å². The Morgan fingerprint density at radius 3 is 2.38 bits per heavy atom. The number of rotatable bonds is 1. The molecule has 0 spiro atoms. The quantitative estimate of drug-likeness (QED) is 0.712. The largest absolute Gasteiger partial charge is 0.507 e.